The quantitative estimate of drug-likeness (QED) is 0.429. The smallest absolute Gasteiger partial charge is 0.243 e. The van der Waals surface area contributed by atoms with Gasteiger partial charge in [-0.15, -0.1) is 0 Å². The van der Waals surface area contributed by atoms with Crippen LogP contribution >= 0.6 is 0 Å². The van der Waals surface area contributed by atoms with E-state index < -0.39 is 5.91 Å². The van der Waals surface area contributed by atoms with Crippen molar-refractivity contribution in [2.75, 3.05) is 46.2 Å². The molecule has 90 valence electrons. The van der Waals surface area contributed by atoms with Crippen LogP contribution in [0.4, 0.5) is 0 Å². The largest absolute Gasteiger partial charge is 0.379 e. The molecule has 0 spiro atoms. The molecule has 1 amide bonds. The molecular formula is C9H20N2O4. The summed E-state index contributed by atoms with van der Waals surface area (Å²) in [5.74, 6) is -0.453. The molecular weight excluding hydrogens is 200 g/mol. The summed E-state index contributed by atoms with van der Waals surface area (Å²) in [5.41, 5.74) is 10.1. The molecule has 0 heterocycles. The average Bonchev–Trinajstić information content (AvgIpc) is 2.20. The van der Waals surface area contributed by atoms with E-state index in [0.29, 0.717) is 39.6 Å². The lowest BCUT2D eigenvalue weighted by Crippen LogP contribution is -2.19. The van der Waals surface area contributed by atoms with Gasteiger partial charge >= 0.3 is 0 Å². The minimum Gasteiger partial charge on any atom is -0.379 e. The Morgan fingerprint density at radius 1 is 0.933 bits per heavy atom. The predicted octanol–water partition coefficient (Wildman–Crippen LogP) is -1.13. The van der Waals surface area contributed by atoms with E-state index in [0.717, 1.165) is 6.42 Å². The van der Waals surface area contributed by atoms with Crippen LogP contribution in [0, 0.1) is 0 Å². The van der Waals surface area contributed by atoms with Gasteiger partial charge in [0.15, 0.2) is 0 Å². The van der Waals surface area contributed by atoms with E-state index in [1.54, 1.807) is 0 Å². The second-order valence-electron chi connectivity index (χ2n) is 2.89. The predicted molar refractivity (Wildman–Crippen MR) is 55.3 cm³/mol. The van der Waals surface area contributed by atoms with Crippen molar-refractivity contribution in [2.45, 2.75) is 6.42 Å². The van der Waals surface area contributed by atoms with Crippen molar-refractivity contribution in [3.05, 3.63) is 0 Å². The third-order valence-corrected chi connectivity index (χ3v) is 1.46. The first-order valence-corrected chi connectivity index (χ1v) is 4.99. The van der Waals surface area contributed by atoms with Crippen LogP contribution in [-0.2, 0) is 19.0 Å². The van der Waals surface area contributed by atoms with Crippen LogP contribution < -0.4 is 11.5 Å². The highest BCUT2D eigenvalue weighted by Crippen LogP contribution is 1.85. The van der Waals surface area contributed by atoms with Gasteiger partial charge in [0.2, 0.25) is 5.91 Å². The highest BCUT2D eigenvalue weighted by atomic mass is 16.5. The zero-order valence-corrected chi connectivity index (χ0v) is 8.94. The number of carbonyl (C=O) groups is 1. The Hall–Kier alpha value is -0.690. The molecule has 0 unspecified atom stereocenters. The number of carbonyl (C=O) groups excluding carboxylic acids is 1. The van der Waals surface area contributed by atoms with Gasteiger partial charge in [-0.1, -0.05) is 0 Å². The standard InChI is InChI=1S/C9H20N2O4/c10-2-5-14-7-6-13-3-1-4-15-8-9(11)12/h1-8,10H2,(H2,11,12). The van der Waals surface area contributed by atoms with Crippen molar-refractivity contribution in [1.29, 1.82) is 0 Å². The molecule has 0 saturated carbocycles. The normalized spacial score (nSPS) is 10.5. The second kappa shape index (κ2) is 11.4. The summed E-state index contributed by atoms with van der Waals surface area (Å²) < 4.78 is 15.3. The van der Waals surface area contributed by atoms with Crippen molar-refractivity contribution in [1.82, 2.24) is 0 Å². The zero-order chi connectivity index (χ0) is 11.4. The number of ether oxygens (including phenoxy) is 3. The van der Waals surface area contributed by atoms with E-state index in [9.17, 15) is 4.79 Å². The maximum Gasteiger partial charge on any atom is 0.243 e. The van der Waals surface area contributed by atoms with Crippen LogP contribution in [-0.4, -0.2) is 52.1 Å². The van der Waals surface area contributed by atoms with Crippen molar-refractivity contribution in [2.24, 2.45) is 11.5 Å². The first kappa shape index (κ1) is 14.3. The summed E-state index contributed by atoms with van der Waals surface area (Å²) in [6.07, 6.45) is 0.740. The third-order valence-electron chi connectivity index (χ3n) is 1.46. The molecule has 0 radical (unpaired) electrons. The fourth-order valence-corrected chi connectivity index (χ4v) is 0.841. The van der Waals surface area contributed by atoms with Crippen molar-refractivity contribution >= 4 is 5.91 Å². The highest BCUT2D eigenvalue weighted by Gasteiger charge is 1.94. The van der Waals surface area contributed by atoms with Crippen molar-refractivity contribution < 1.29 is 19.0 Å². The molecule has 6 heteroatoms. The first-order valence-electron chi connectivity index (χ1n) is 4.99. The van der Waals surface area contributed by atoms with Crippen LogP contribution in [0.3, 0.4) is 0 Å². The summed E-state index contributed by atoms with van der Waals surface area (Å²) in [5, 5.41) is 0. The van der Waals surface area contributed by atoms with Crippen LogP contribution in [0.15, 0.2) is 0 Å². The van der Waals surface area contributed by atoms with Gasteiger partial charge in [0.25, 0.3) is 0 Å². The lowest BCUT2D eigenvalue weighted by Gasteiger charge is -2.05. The average molecular weight is 220 g/mol. The molecule has 0 aliphatic rings. The molecule has 6 nitrogen and oxygen atoms in total. The van der Waals surface area contributed by atoms with Gasteiger partial charge in [0.05, 0.1) is 19.8 Å². The lowest BCUT2D eigenvalue weighted by atomic mass is 10.5. The second-order valence-corrected chi connectivity index (χ2v) is 2.89. The van der Waals surface area contributed by atoms with Gasteiger partial charge in [-0.3, -0.25) is 4.79 Å². The van der Waals surface area contributed by atoms with Crippen LogP contribution in [0.5, 0.6) is 0 Å². The van der Waals surface area contributed by atoms with Crippen molar-refractivity contribution in [3.63, 3.8) is 0 Å². The number of hydrogen-bond acceptors (Lipinski definition) is 5. The number of primary amides is 1. The Labute approximate surface area is 89.8 Å². The minimum atomic E-state index is -0.453. The van der Waals surface area contributed by atoms with Gasteiger partial charge in [0.1, 0.15) is 6.61 Å². The fourth-order valence-electron chi connectivity index (χ4n) is 0.841. The number of nitrogens with two attached hydrogens (primary N) is 2. The molecule has 4 N–H and O–H groups in total. The van der Waals surface area contributed by atoms with E-state index in [1.165, 1.54) is 0 Å². The first-order chi connectivity index (χ1) is 7.27. The molecule has 15 heavy (non-hydrogen) atoms. The molecule has 0 aromatic carbocycles. The summed E-state index contributed by atoms with van der Waals surface area (Å²) in [4.78, 5) is 10.3. The topological polar surface area (TPSA) is 96.8 Å². The number of amides is 1. The van der Waals surface area contributed by atoms with Crippen LogP contribution in [0.2, 0.25) is 0 Å². The summed E-state index contributed by atoms with van der Waals surface area (Å²) in [7, 11) is 0. The number of hydrogen-bond donors (Lipinski definition) is 2. The summed E-state index contributed by atoms with van der Waals surface area (Å²) in [6.45, 7) is 3.23. The third kappa shape index (κ3) is 13.3. The highest BCUT2D eigenvalue weighted by molar-refractivity contribution is 5.74. The van der Waals surface area contributed by atoms with E-state index in [4.69, 9.17) is 25.7 Å². The summed E-state index contributed by atoms with van der Waals surface area (Å²) in [6, 6.07) is 0. The SMILES string of the molecule is NCCOCCOCCCOCC(N)=O. The van der Waals surface area contributed by atoms with Crippen molar-refractivity contribution in [3.8, 4) is 0 Å². The molecule has 0 aromatic rings. The van der Waals surface area contributed by atoms with Gasteiger partial charge in [0, 0.05) is 19.8 Å². The molecule has 0 atom stereocenters. The molecule has 0 aromatic heterocycles. The lowest BCUT2D eigenvalue weighted by molar-refractivity contribution is -0.122. The molecule has 0 saturated heterocycles. The van der Waals surface area contributed by atoms with Crippen LogP contribution in [0.1, 0.15) is 6.42 Å². The Kier molecular flexibility index (Phi) is 10.9. The van der Waals surface area contributed by atoms with Crippen LogP contribution in [0.25, 0.3) is 0 Å². The Balaban J connectivity index is 2.89. The summed E-state index contributed by atoms with van der Waals surface area (Å²) >= 11 is 0. The van der Waals surface area contributed by atoms with Gasteiger partial charge < -0.3 is 25.7 Å². The van der Waals surface area contributed by atoms with E-state index in [2.05, 4.69) is 0 Å². The van der Waals surface area contributed by atoms with Gasteiger partial charge in [-0.05, 0) is 6.42 Å². The molecule has 0 bridgehead atoms. The molecule has 0 rings (SSSR count). The monoisotopic (exact) mass is 220 g/mol. The van der Waals surface area contributed by atoms with Gasteiger partial charge in [-0.25, -0.2) is 0 Å². The fraction of sp³-hybridized carbons (Fsp3) is 0.889. The molecule has 0 aliphatic carbocycles. The Morgan fingerprint density at radius 2 is 1.53 bits per heavy atom. The Morgan fingerprint density at radius 3 is 2.13 bits per heavy atom. The Bertz CT molecular complexity index is 155. The van der Waals surface area contributed by atoms with E-state index in [1.807, 2.05) is 0 Å². The zero-order valence-electron chi connectivity index (χ0n) is 8.94. The molecule has 0 aliphatic heterocycles. The van der Waals surface area contributed by atoms with E-state index >= 15 is 0 Å². The maximum absolute atomic E-state index is 10.3. The maximum atomic E-state index is 10.3. The van der Waals surface area contributed by atoms with Gasteiger partial charge in [-0.2, -0.15) is 0 Å². The minimum absolute atomic E-state index is 0.0282. The van der Waals surface area contributed by atoms with E-state index in [-0.39, 0.29) is 6.61 Å². The number of rotatable bonds is 11. The molecule has 0 fully saturated rings.